The maximum Gasteiger partial charge on any atom is 0.253 e. The summed E-state index contributed by atoms with van der Waals surface area (Å²) in [5, 5.41) is 0. The molecule has 7 heteroatoms. The van der Waals surface area contributed by atoms with Crippen molar-refractivity contribution in [2.75, 3.05) is 26.5 Å². The van der Waals surface area contributed by atoms with Crippen LogP contribution in [0.1, 0.15) is 10.4 Å². The van der Waals surface area contributed by atoms with Gasteiger partial charge in [0.05, 0.1) is 11.4 Å². The highest BCUT2D eigenvalue weighted by Crippen LogP contribution is 2.16. The Morgan fingerprint density at radius 1 is 1.08 bits per heavy atom. The van der Waals surface area contributed by atoms with Crippen molar-refractivity contribution < 1.29 is 17.9 Å². The monoisotopic (exact) mass is 411 g/mol. The van der Waals surface area contributed by atoms with Crippen LogP contribution < -0.4 is 4.74 Å². The van der Waals surface area contributed by atoms with Crippen LogP contribution in [0.15, 0.2) is 57.9 Å². The number of amides is 1. The van der Waals surface area contributed by atoms with Crippen molar-refractivity contribution in [2.45, 2.75) is 4.90 Å². The lowest BCUT2D eigenvalue weighted by atomic mass is 10.2. The molecule has 0 aromatic heterocycles. The molecule has 2 aromatic rings. The average Bonchev–Trinajstić information content (AvgIpc) is 2.55. The number of benzene rings is 2. The number of nitrogens with zero attached hydrogens (tertiary/aromatic N) is 1. The summed E-state index contributed by atoms with van der Waals surface area (Å²) >= 11 is 3.35. The third-order valence-electron chi connectivity index (χ3n) is 3.39. The summed E-state index contributed by atoms with van der Waals surface area (Å²) in [6, 6.07) is 13.4. The third kappa shape index (κ3) is 5.07. The number of sulfone groups is 1. The zero-order valence-corrected chi connectivity index (χ0v) is 15.8. The standard InChI is InChI=1S/C17H18BrNO4S/c1-19(11-12-23-15-7-5-14(18)6-8-15)17(20)13-3-9-16(10-4-13)24(2,21)22/h3-10H,11-12H2,1-2H3. The van der Waals surface area contributed by atoms with E-state index in [9.17, 15) is 13.2 Å². The summed E-state index contributed by atoms with van der Waals surface area (Å²) in [6.07, 6.45) is 1.13. The Hall–Kier alpha value is -1.86. The molecule has 5 nitrogen and oxygen atoms in total. The largest absolute Gasteiger partial charge is 0.492 e. The number of halogens is 1. The number of ether oxygens (including phenoxy) is 1. The number of rotatable bonds is 6. The van der Waals surface area contributed by atoms with Crippen LogP contribution in [0.5, 0.6) is 5.75 Å². The molecule has 0 saturated heterocycles. The predicted octanol–water partition coefficient (Wildman–Crippen LogP) is 3.00. The second-order valence-corrected chi connectivity index (χ2v) is 8.26. The summed E-state index contributed by atoms with van der Waals surface area (Å²) in [5.74, 6) is 0.547. The Morgan fingerprint density at radius 2 is 1.67 bits per heavy atom. The van der Waals surface area contributed by atoms with Crippen molar-refractivity contribution in [1.82, 2.24) is 4.90 Å². The molecule has 0 atom stereocenters. The zero-order chi connectivity index (χ0) is 17.7. The van der Waals surface area contributed by atoms with Gasteiger partial charge < -0.3 is 9.64 Å². The van der Waals surface area contributed by atoms with E-state index in [4.69, 9.17) is 4.74 Å². The summed E-state index contributed by atoms with van der Waals surface area (Å²) in [5.41, 5.74) is 0.438. The molecular formula is C17H18BrNO4S. The Labute approximate surface area is 150 Å². The van der Waals surface area contributed by atoms with Crippen LogP contribution in [-0.2, 0) is 9.84 Å². The van der Waals surface area contributed by atoms with E-state index < -0.39 is 9.84 Å². The van der Waals surface area contributed by atoms with Gasteiger partial charge in [-0.3, -0.25) is 4.79 Å². The Bertz CT molecular complexity index is 801. The van der Waals surface area contributed by atoms with Crippen LogP contribution in [0.2, 0.25) is 0 Å². The van der Waals surface area contributed by atoms with Crippen molar-refractivity contribution in [1.29, 1.82) is 0 Å². The lowest BCUT2D eigenvalue weighted by Gasteiger charge is -2.17. The fraction of sp³-hybridized carbons (Fsp3) is 0.235. The Kier molecular flexibility index (Phi) is 6.01. The van der Waals surface area contributed by atoms with Gasteiger partial charge in [-0.1, -0.05) is 15.9 Å². The molecule has 1 amide bonds. The fourth-order valence-corrected chi connectivity index (χ4v) is 2.89. The van der Waals surface area contributed by atoms with Crippen LogP contribution in [0, 0.1) is 0 Å². The smallest absolute Gasteiger partial charge is 0.253 e. The Morgan fingerprint density at radius 3 is 2.21 bits per heavy atom. The van der Waals surface area contributed by atoms with E-state index in [1.165, 1.54) is 29.2 Å². The molecule has 0 aliphatic rings. The van der Waals surface area contributed by atoms with Gasteiger partial charge in [0.15, 0.2) is 9.84 Å². The lowest BCUT2D eigenvalue weighted by molar-refractivity contribution is 0.0773. The van der Waals surface area contributed by atoms with Gasteiger partial charge in [-0.05, 0) is 48.5 Å². The maximum absolute atomic E-state index is 12.3. The minimum Gasteiger partial charge on any atom is -0.492 e. The van der Waals surface area contributed by atoms with Crippen molar-refractivity contribution in [3.05, 3.63) is 58.6 Å². The molecule has 2 rings (SSSR count). The predicted molar refractivity (Wildman–Crippen MR) is 96.1 cm³/mol. The van der Waals surface area contributed by atoms with Crippen molar-refractivity contribution in [3.8, 4) is 5.75 Å². The summed E-state index contributed by atoms with van der Waals surface area (Å²) in [6.45, 7) is 0.786. The third-order valence-corrected chi connectivity index (χ3v) is 5.04. The quantitative estimate of drug-likeness (QED) is 0.732. The number of likely N-dealkylation sites (N-methyl/N-ethyl adjacent to an activating group) is 1. The molecule has 0 radical (unpaired) electrons. The fourth-order valence-electron chi connectivity index (χ4n) is 2.00. The lowest BCUT2D eigenvalue weighted by Crippen LogP contribution is -2.30. The zero-order valence-electron chi connectivity index (χ0n) is 13.4. The molecule has 0 spiro atoms. The molecule has 0 N–H and O–H groups in total. The molecule has 0 unspecified atom stereocenters. The molecule has 0 bridgehead atoms. The van der Waals surface area contributed by atoms with Gasteiger partial charge in [0.1, 0.15) is 12.4 Å². The van der Waals surface area contributed by atoms with E-state index in [2.05, 4.69) is 15.9 Å². The van der Waals surface area contributed by atoms with Gasteiger partial charge in [-0.2, -0.15) is 0 Å². The first-order valence-corrected chi connectivity index (χ1v) is 9.90. The molecule has 24 heavy (non-hydrogen) atoms. The van der Waals surface area contributed by atoms with Gasteiger partial charge in [-0.25, -0.2) is 8.42 Å². The molecule has 0 saturated carbocycles. The molecule has 128 valence electrons. The molecule has 0 aliphatic carbocycles. The molecular weight excluding hydrogens is 394 g/mol. The van der Waals surface area contributed by atoms with Gasteiger partial charge in [0.25, 0.3) is 5.91 Å². The molecule has 0 aliphatic heterocycles. The van der Waals surface area contributed by atoms with Gasteiger partial charge >= 0.3 is 0 Å². The molecule has 0 fully saturated rings. The first-order chi connectivity index (χ1) is 11.3. The highest BCUT2D eigenvalue weighted by molar-refractivity contribution is 9.10. The van der Waals surface area contributed by atoms with E-state index in [-0.39, 0.29) is 10.8 Å². The summed E-state index contributed by atoms with van der Waals surface area (Å²) < 4.78 is 29.4. The van der Waals surface area contributed by atoms with Gasteiger partial charge in [0.2, 0.25) is 0 Å². The Balaban J connectivity index is 1.90. The normalized spacial score (nSPS) is 11.1. The maximum atomic E-state index is 12.3. The second kappa shape index (κ2) is 7.81. The van der Waals surface area contributed by atoms with E-state index >= 15 is 0 Å². The van der Waals surface area contributed by atoms with E-state index in [0.29, 0.717) is 18.7 Å². The SMILES string of the molecule is CN(CCOc1ccc(Br)cc1)C(=O)c1ccc(S(C)(=O)=O)cc1. The van der Waals surface area contributed by atoms with Crippen molar-refractivity contribution >= 4 is 31.7 Å². The molecule has 0 heterocycles. The first-order valence-electron chi connectivity index (χ1n) is 7.21. The topological polar surface area (TPSA) is 63.7 Å². The second-order valence-electron chi connectivity index (χ2n) is 5.33. The summed E-state index contributed by atoms with van der Waals surface area (Å²) in [7, 11) is -1.58. The number of hydrogen-bond donors (Lipinski definition) is 0. The van der Waals surface area contributed by atoms with Gasteiger partial charge in [0, 0.05) is 23.3 Å². The van der Waals surface area contributed by atoms with Crippen LogP contribution in [0.4, 0.5) is 0 Å². The van der Waals surface area contributed by atoms with E-state index in [1.807, 2.05) is 24.3 Å². The van der Waals surface area contributed by atoms with Crippen LogP contribution in [0.25, 0.3) is 0 Å². The van der Waals surface area contributed by atoms with Crippen molar-refractivity contribution in [2.24, 2.45) is 0 Å². The van der Waals surface area contributed by atoms with E-state index in [1.54, 1.807) is 7.05 Å². The van der Waals surface area contributed by atoms with Crippen LogP contribution in [0.3, 0.4) is 0 Å². The minimum atomic E-state index is -3.26. The van der Waals surface area contributed by atoms with Crippen LogP contribution in [-0.4, -0.2) is 45.7 Å². The van der Waals surface area contributed by atoms with Gasteiger partial charge in [-0.15, -0.1) is 0 Å². The summed E-state index contributed by atoms with van der Waals surface area (Å²) in [4.78, 5) is 14.0. The average molecular weight is 412 g/mol. The van der Waals surface area contributed by atoms with Crippen molar-refractivity contribution in [3.63, 3.8) is 0 Å². The number of carbonyl (C=O) groups is 1. The highest BCUT2D eigenvalue weighted by atomic mass is 79.9. The first kappa shape index (κ1) is 18.5. The highest BCUT2D eigenvalue weighted by Gasteiger charge is 2.13. The number of carbonyl (C=O) groups excluding carboxylic acids is 1. The van der Waals surface area contributed by atoms with E-state index in [0.717, 1.165) is 16.5 Å². The number of hydrogen-bond acceptors (Lipinski definition) is 4. The van der Waals surface area contributed by atoms with Crippen LogP contribution >= 0.6 is 15.9 Å². The molecule has 2 aromatic carbocycles. The minimum absolute atomic E-state index is 0.186.